The van der Waals surface area contributed by atoms with Gasteiger partial charge in [0.1, 0.15) is 0 Å². The Morgan fingerprint density at radius 1 is 1.29 bits per heavy atom. The summed E-state index contributed by atoms with van der Waals surface area (Å²) in [6.07, 6.45) is 13.1. The lowest BCUT2D eigenvalue weighted by Crippen LogP contribution is -2.43. The second-order valence-corrected chi connectivity index (χ2v) is 9.05. The molecule has 2 N–H and O–H groups in total. The Balaban J connectivity index is 1.59. The van der Waals surface area contributed by atoms with E-state index in [2.05, 4.69) is 11.2 Å². The van der Waals surface area contributed by atoms with Gasteiger partial charge in [-0.2, -0.15) is 0 Å². The molecule has 0 radical (unpaired) electrons. The SMILES string of the molecule is C#Cc1ccc([C@@H]2C=C(C(=O)NC3CC4CCC3C4)O[C@H](OCC)[C@H]2CCCO)cc1. The van der Waals surface area contributed by atoms with Crippen LogP contribution in [-0.4, -0.2) is 36.6 Å². The summed E-state index contributed by atoms with van der Waals surface area (Å²) in [5, 5.41) is 12.6. The van der Waals surface area contributed by atoms with E-state index in [0.717, 1.165) is 29.9 Å². The highest BCUT2D eigenvalue weighted by atomic mass is 16.7. The van der Waals surface area contributed by atoms with Crippen molar-refractivity contribution in [3.8, 4) is 12.3 Å². The van der Waals surface area contributed by atoms with Crippen molar-refractivity contribution < 1.29 is 19.4 Å². The summed E-state index contributed by atoms with van der Waals surface area (Å²) < 4.78 is 12.0. The molecule has 1 aliphatic heterocycles. The van der Waals surface area contributed by atoms with E-state index in [-0.39, 0.29) is 30.4 Å². The average Bonchev–Trinajstić information content (AvgIpc) is 3.41. The summed E-state index contributed by atoms with van der Waals surface area (Å²) in [7, 11) is 0. The van der Waals surface area contributed by atoms with Gasteiger partial charge in [0.2, 0.25) is 6.29 Å². The van der Waals surface area contributed by atoms with Crippen molar-refractivity contribution in [3.05, 3.63) is 47.2 Å². The zero-order chi connectivity index (χ0) is 21.8. The third kappa shape index (κ3) is 4.81. The quantitative estimate of drug-likeness (QED) is 0.626. The number of allylic oxidation sites excluding steroid dienone is 1. The number of rotatable bonds is 8. The van der Waals surface area contributed by atoms with Gasteiger partial charge in [0.05, 0.1) is 0 Å². The summed E-state index contributed by atoms with van der Waals surface area (Å²) >= 11 is 0. The highest BCUT2D eigenvalue weighted by Gasteiger charge is 2.42. The lowest BCUT2D eigenvalue weighted by atomic mass is 9.80. The maximum atomic E-state index is 13.2. The van der Waals surface area contributed by atoms with E-state index in [4.69, 9.17) is 15.9 Å². The van der Waals surface area contributed by atoms with Gasteiger partial charge in [-0.25, -0.2) is 0 Å². The van der Waals surface area contributed by atoms with Crippen LogP contribution in [0.2, 0.25) is 0 Å². The first-order chi connectivity index (χ1) is 15.1. The molecule has 1 heterocycles. The summed E-state index contributed by atoms with van der Waals surface area (Å²) in [5.41, 5.74) is 1.89. The number of ether oxygens (including phenoxy) is 2. The van der Waals surface area contributed by atoms with E-state index in [1.54, 1.807) is 0 Å². The molecule has 0 spiro atoms. The van der Waals surface area contributed by atoms with Gasteiger partial charge >= 0.3 is 0 Å². The molecule has 5 nitrogen and oxygen atoms in total. The fraction of sp³-hybridized carbons (Fsp3) is 0.577. The van der Waals surface area contributed by atoms with Gasteiger partial charge in [0.25, 0.3) is 5.91 Å². The van der Waals surface area contributed by atoms with E-state index in [0.29, 0.717) is 24.7 Å². The number of terminal acetylenes is 1. The summed E-state index contributed by atoms with van der Waals surface area (Å²) in [5.74, 6) is 4.16. The van der Waals surface area contributed by atoms with Gasteiger partial charge in [-0.15, -0.1) is 6.42 Å². The van der Waals surface area contributed by atoms with E-state index < -0.39 is 6.29 Å². The van der Waals surface area contributed by atoms with Crippen molar-refractivity contribution in [1.82, 2.24) is 5.32 Å². The fourth-order valence-electron chi connectivity index (χ4n) is 5.61. The largest absolute Gasteiger partial charge is 0.459 e. The van der Waals surface area contributed by atoms with E-state index in [9.17, 15) is 9.90 Å². The van der Waals surface area contributed by atoms with Gasteiger partial charge in [-0.05, 0) is 74.6 Å². The highest BCUT2D eigenvalue weighted by molar-refractivity contribution is 5.92. The van der Waals surface area contributed by atoms with Crippen molar-refractivity contribution in [2.75, 3.05) is 13.2 Å². The van der Waals surface area contributed by atoms with Gasteiger partial charge in [0, 0.05) is 36.7 Å². The van der Waals surface area contributed by atoms with Crippen LogP contribution in [0.3, 0.4) is 0 Å². The van der Waals surface area contributed by atoms with E-state index in [1.807, 2.05) is 37.3 Å². The first-order valence-corrected chi connectivity index (χ1v) is 11.6. The topological polar surface area (TPSA) is 67.8 Å². The molecule has 1 aromatic carbocycles. The molecule has 3 unspecified atom stereocenters. The van der Waals surface area contributed by atoms with Crippen LogP contribution in [0.25, 0.3) is 0 Å². The molecule has 3 aliphatic rings. The molecule has 31 heavy (non-hydrogen) atoms. The lowest BCUT2D eigenvalue weighted by Gasteiger charge is -2.37. The van der Waals surface area contributed by atoms with Crippen molar-refractivity contribution >= 4 is 5.91 Å². The molecule has 2 fully saturated rings. The van der Waals surface area contributed by atoms with Gasteiger partial charge in [0.15, 0.2) is 5.76 Å². The Morgan fingerprint density at radius 2 is 2.10 bits per heavy atom. The van der Waals surface area contributed by atoms with Crippen LogP contribution in [0.1, 0.15) is 62.5 Å². The summed E-state index contributed by atoms with van der Waals surface area (Å²) in [6.45, 7) is 2.53. The zero-order valence-corrected chi connectivity index (χ0v) is 18.3. The molecule has 2 aliphatic carbocycles. The third-order valence-electron chi connectivity index (χ3n) is 7.15. The molecule has 2 bridgehead atoms. The number of nitrogens with one attached hydrogen (secondary N) is 1. The number of aliphatic hydroxyl groups excluding tert-OH is 1. The number of amides is 1. The molecule has 2 saturated carbocycles. The minimum atomic E-state index is -0.528. The first-order valence-electron chi connectivity index (χ1n) is 11.6. The van der Waals surface area contributed by atoms with Crippen LogP contribution in [0.5, 0.6) is 0 Å². The summed E-state index contributed by atoms with van der Waals surface area (Å²) in [6, 6.07) is 8.13. The molecule has 1 aromatic rings. The van der Waals surface area contributed by atoms with Crippen LogP contribution in [0, 0.1) is 30.1 Å². The predicted octanol–water partition coefficient (Wildman–Crippen LogP) is 3.72. The van der Waals surface area contributed by atoms with Crippen LogP contribution in [0.4, 0.5) is 0 Å². The van der Waals surface area contributed by atoms with Gasteiger partial charge in [-0.3, -0.25) is 4.79 Å². The molecule has 5 heteroatoms. The van der Waals surface area contributed by atoms with Crippen molar-refractivity contribution in [2.24, 2.45) is 17.8 Å². The second kappa shape index (κ2) is 9.89. The number of hydrogen-bond donors (Lipinski definition) is 2. The van der Waals surface area contributed by atoms with Crippen LogP contribution in [-0.2, 0) is 14.3 Å². The number of aliphatic hydroxyl groups is 1. The zero-order valence-electron chi connectivity index (χ0n) is 18.3. The van der Waals surface area contributed by atoms with Gasteiger partial charge < -0.3 is 19.9 Å². The van der Waals surface area contributed by atoms with Crippen LogP contribution < -0.4 is 5.32 Å². The Labute approximate surface area is 185 Å². The Hall–Kier alpha value is -2.29. The lowest BCUT2D eigenvalue weighted by molar-refractivity contribution is -0.167. The van der Waals surface area contributed by atoms with Gasteiger partial charge in [-0.1, -0.05) is 24.5 Å². The van der Waals surface area contributed by atoms with Crippen LogP contribution in [0.15, 0.2) is 36.1 Å². The molecule has 6 atom stereocenters. The monoisotopic (exact) mass is 423 g/mol. The minimum Gasteiger partial charge on any atom is -0.459 e. The number of carbonyl (C=O) groups is 1. The second-order valence-electron chi connectivity index (χ2n) is 9.05. The molecule has 4 rings (SSSR count). The van der Waals surface area contributed by atoms with E-state index >= 15 is 0 Å². The summed E-state index contributed by atoms with van der Waals surface area (Å²) in [4.78, 5) is 13.2. The predicted molar refractivity (Wildman–Crippen MR) is 119 cm³/mol. The smallest absolute Gasteiger partial charge is 0.286 e. The Morgan fingerprint density at radius 3 is 2.71 bits per heavy atom. The molecular formula is C26H33NO4. The van der Waals surface area contributed by atoms with Crippen molar-refractivity contribution in [2.45, 2.75) is 63.7 Å². The third-order valence-corrected chi connectivity index (χ3v) is 7.15. The molecule has 0 aromatic heterocycles. The normalized spacial score (nSPS) is 31.6. The maximum Gasteiger partial charge on any atom is 0.286 e. The standard InChI is InChI=1S/C26H33NO4/c1-3-17-7-10-19(11-8-17)22-16-24(31-26(30-4-2)21(22)6-5-13-28)25(29)27-23-15-18-9-12-20(23)14-18/h1,7-8,10-11,16,18,20-23,26,28H,4-6,9,12-15H2,2H3,(H,27,29)/t18?,20?,21-,22-,23?,26-/m0/s1. The highest BCUT2D eigenvalue weighted by Crippen LogP contribution is 2.45. The number of carbonyl (C=O) groups excluding carboxylic acids is 1. The number of hydrogen-bond acceptors (Lipinski definition) is 4. The molecule has 0 saturated heterocycles. The number of benzene rings is 1. The minimum absolute atomic E-state index is 0.00262. The fourth-order valence-corrected chi connectivity index (χ4v) is 5.61. The van der Waals surface area contributed by atoms with E-state index in [1.165, 1.54) is 19.3 Å². The molecule has 166 valence electrons. The first kappa shape index (κ1) is 21.9. The Kier molecular flexibility index (Phi) is 6.99. The Bertz CT molecular complexity index is 840. The van der Waals surface area contributed by atoms with Crippen LogP contribution >= 0.6 is 0 Å². The molecule has 1 amide bonds. The van der Waals surface area contributed by atoms with Crippen molar-refractivity contribution in [1.29, 1.82) is 0 Å². The van der Waals surface area contributed by atoms with Crippen molar-refractivity contribution in [3.63, 3.8) is 0 Å². The maximum absolute atomic E-state index is 13.2. The average molecular weight is 424 g/mol. The molecular weight excluding hydrogens is 390 g/mol. The number of fused-ring (bicyclic) bond motifs is 2.